The summed E-state index contributed by atoms with van der Waals surface area (Å²) in [7, 11) is 0. The van der Waals surface area contributed by atoms with E-state index in [4.69, 9.17) is 0 Å². The molecule has 0 saturated heterocycles. The smallest absolute Gasteiger partial charge is 0.376 e. The number of hydrogen-bond donors (Lipinski definition) is 1. The van der Waals surface area contributed by atoms with Gasteiger partial charge in [-0.2, -0.15) is 31.4 Å². The van der Waals surface area contributed by atoms with Gasteiger partial charge in [0.25, 0.3) is 0 Å². The first-order valence-electron chi connectivity index (χ1n) is 9.72. The molecule has 4 rings (SSSR count). The predicted molar refractivity (Wildman–Crippen MR) is 113 cm³/mol. The van der Waals surface area contributed by atoms with E-state index in [1.807, 2.05) is 0 Å². The highest BCUT2D eigenvalue weighted by Gasteiger charge is 2.55. The van der Waals surface area contributed by atoms with Crippen molar-refractivity contribution >= 4 is 22.7 Å². The normalized spacial score (nSPS) is 14.4. The van der Waals surface area contributed by atoms with E-state index in [1.165, 1.54) is 41.2 Å². The first kappa shape index (κ1) is 24.1. The van der Waals surface area contributed by atoms with Crippen LogP contribution >= 0.6 is 11.8 Å². The lowest BCUT2D eigenvalue weighted by atomic mass is 9.94. The number of fused-ring (bicyclic) bond motifs is 1. The molecule has 4 aromatic rings. The molecule has 11 heteroatoms. The lowest BCUT2D eigenvalue weighted by Crippen LogP contribution is -2.44. The summed E-state index contributed by atoms with van der Waals surface area (Å²) in [5.41, 5.74) is -3.70. The molecule has 1 heterocycles. The minimum atomic E-state index is -5.06. The molecule has 1 atom stereocenters. The third-order valence-corrected chi connectivity index (χ3v) is 6.38. The lowest BCUT2D eigenvalue weighted by Gasteiger charge is -2.31. The molecule has 0 aliphatic heterocycles. The Kier molecular flexibility index (Phi) is 6.11. The number of nitrogens with zero attached hydrogens (tertiary/aromatic N) is 2. The molecule has 34 heavy (non-hydrogen) atoms. The molecule has 0 radical (unpaired) electrons. The van der Waals surface area contributed by atoms with Crippen LogP contribution in [0.3, 0.4) is 0 Å². The van der Waals surface area contributed by atoms with E-state index in [9.17, 15) is 35.8 Å². The van der Waals surface area contributed by atoms with Crippen molar-refractivity contribution in [1.29, 1.82) is 0 Å². The highest BCUT2D eigenvalue weighted by atomic mass is 32.2. The highest BCUT2D eigenvalue weighted by molar-refractivity contribution is 7.99. The van der Waals surface area contributed by atoms with Crippen LogP contribution in [0.2, 0.25) is 0 Å². The van der Waals surface area contributed by atoms with Gasteiger partial charge in [-0.15, -0.1) is 11.8 Å². The number of rotatable bonds is 5. The van der Waals surface area contributed by atoms with Crippen molar-refractivity contribution in [3.8, 4) is 5.69 Å². The molecule has 0 spiro atoms. The van der Waals surface area contributed by atoms with E-state index in [0.717, 1.165) is 36.4 Å². The van der Waals surface area contributed by atoms with E-state index in [2.05, 4.69) is 5.10 Å². The van der Waals surface area contributed by atoms with Crippen LogP contribution in [0.15, 0.2) is 77.8 Å². The van der Waals surface area contributed by atoms with Crippen molar-refractivity contribution < 1.29 is 35.8 Å². The summed E-state index contributed by atoms with van der Waals surface area (Å²) in [6.07, 6.45) is -8.31. The van der Waals surface area contributed by atoms with Crippen LogP contribution in [0.1, 0.15) is 11.1 Å². The van der Waals surface area contributed by atoms with Crippen molar-refractivity contribution in [3.05, 3.63) is 89.9 Å². The fourth-order valence-corrected chi connectivity index (χ4v) is 4.37. The van der Waals surface area contributed by atoms with Crippen molar-refractivity contribution in [3.63, 3.8) is 0 Å². The zero-order chi connectivity index (χ0) is 24.7. The maximum atomic E-state index is 14.0. The van der Waals surface area contributed by atoms with Gasteiger partial charge in [-0.3, -0.25) is 0 Å². The van der Waals surface area contributed by atoms with E-state index in [-0.39, 0.29) is 4.90 Å². The van der Waals surface area contributed by atoms with Gasteiger partial charge in [-0.25, -0.2) is 9.07 Å². The fourth-order valence-electron chi connectivity index (χ4n) is 3.33. The monoisotopic (exact) mass is 500 g/mol. The van der Waals surface area contributed by atoms with Gasteiger partial charge in [0.1, 0.15) is 5.82 Å². The standard InChI is InChI=1S/C23H15F7N2OS/c24-17-4-6-18(7-5-17)32-20-10-3-16(11-14(20)12-31-32)21(33,23(28,29)30)13-34-19-8-1-15(2-9-19)22(25,26)27/h1-12,33H,13H2. The largest absolute Gasteiger partial charge is 0.422 e. The molecule has 3 aromatic carbocycles. The lowest BCUT2D eigenvalue weighted by molar-refractivity contribution is -0.256. The van der Waals surface area contributed by atoms with E-state index < -0.39 is 40.7 Å². The molecule has 0 saturated carbocycles. The van der Waals surface area contributed by atoms with Crippen molar-refractivity contribution in [2.75, 3.05) is 5.75 Å². The van der Waals surface area contributed by atoms with Crippen LogP contribution in [0.4, 0.5) is 30.7 Å². The predicted octanol–water partition coefficient (Wildman–Crippen LogP) is 6.73. The van der Waals surface area contributed by atoms with Crippen LogP contribution in [0.5, 0.6) is 0 Å². The Balaban J connectivity index is 1.64. The second kappa shape index (κ2) is 8.62. The van der Waals surface area contributed by atoms with Crippen LogP contribution in [-0.4, -0.2) is 26.8 Å². The van der Waals surface area contributed by atoms with Crippen LogP contribution in [0.25, 0.3) is 16.6 Å². The Morgan fingerprint density at radius 1 is 0.824 bits per heavy atom. The molecule has 1 unspecified atom stereocenters. The average Bonchev–Trinajstić information content (AvgIpc) is 3.20. The number of halogens is 7. The average molecular weight is 500 g/mol. The number of alkyl halides is 6. The number of aromatic nitrogens is 2. The first-order chi connectivity index (χ1) is 15.9. The minimum absolute atomic E-state index is 0.140. The maximum absolute atomic E-state index is 14.0. The SMILES string of the molecule is OC(CSc1ccc(C(F)(F)F)cc1)(c1ccc2c(cnn2-c2ccc(F)cc2)c1)C(F)(F)F. The Morgan fingerprint density at radius 3 is 2.03 bits per heavy atom. The van der Waals surface area contributed by atoms with Gasteiger partial charge >= 0.3 is 12.4 Å². The van der Waals surface area contributed by atoms with Crippen molar-refractivity contribution in [2.45, 2.75) is 22.8 Å². The summed E-state index contributed by atoms with van der Waals surface area (Å²) in [6, 6.07) is 12.6. The quantitative estimate of drug-likeness (QED) is 0.244. The molecular weight excluding hydrogens is 485 g/mol. The molecule has 0 fully saturated rings. The van der Waals surface area contributed by atoms with Gasteiger partial charge in [-0.05, 0) is 66.2 Å². The van der Waals surface area contributed by atoms with Gasteiger partial charge in [-0.1, -0.05) is 6.07 Å². The maximum Gasteiger partial charge on any atom is 0.422 e. The zero-order valence-corrected chi connectivity index (χ0v) is 17.8. The number of thioether (sulfide) groups is 1. The van der Waals surface area contributed by atoms with Crippen LogP contribution in [0, 0.1) is 5.82 Å². The van der Waals surface area contributed by atoms with Gasteiger partial charge < -0.3 is 5.11 Å². The summed E-state index contributed by atoms with van der Waals surface area (Å²) in [5.74, 6) is -1.33. The molecule has 0 aliphatic rings. The molecule has 0 amide bonds. The first-order valence-corrected chi connectivity index (χ1v) is 10.7. The number of hydrogen-bond acceptors (Lipinski definition) is 3. The molecule has 3 nitrogen and oxygen atoms in total. The zero-order valence-electron chi connectivity index (χ0n) is 17.0. The molecule has 0 aliphatic carbocycles. The van der Waals surface area contributed by atoms with Crippen molar-refractivity contribution in [2.24, 2.45) is 0 Å². The molecular formula is C23H15F7N2OS. The topological polar surface area (TPSA) is 38.1 Å². The van der Waals surface area contributed by atoms with E-state index >= 15 is 0 Å². The summed E-state index contributed by atoms with van der Waals surface area (Å²) in [6.45, 7) is 0. The summed E-state index contributed by atoms with van der Waals surface area (Å²) < 4.78 is 94.6. The Hall–Kier alpha value is -3.05. The molecule has 1 aromatic heterocycles. The fraction of sp³-hybridized carbons (Fsp3) is 0.174. The number of benzene rings is 3. The van der Waals surface area contributed by atoms with Crippen molar-refractivity contribution in [1.82, 2.24) is 9.78 Å². The minimum Gasteiger partial charge on any atom is -0.376 e. The third-order valence-electron chi connectivity index (χ3n) is 5.22. The van der Waals surface area contributed by atoms with E-state index in [1.54, 1.807) is 0 Å². The highest BCUT2D eigenvalue weighted by Crippen LogP contribution is 2.43. The van der Waals surface area contributed by atoms with Gasteiger partial charge in [0, 0.05) is 16.0 Å². The van der Waals surface area contributed by atoms with Gasteiger partial charge in [0.05, 0.1) is 23.0 Å². The van der Waals surface area contributed by atoms with Gasteiger partial charge in [0.15, 0.2) is 5.60 Å². The Bertz CT molecular complexity index is 1300. The molecule has 0 bridgehead atoms. The van der Waals surface area contributed by atoms with E-state index in [0.29, 0.717) is 28.4 Å². The Labute approximate surface area is 192 Å². The summed E-state index contributed by atoms with van der Waals surface area (Å²) in [5, 5.41) is 15.1. The van der Waals surface area contributed by atoms with Gasteiger partial charge in [0.2, 0.25) is 0 Å². The summed E-state index contributed by atoms with van der Waals surface area (Å²) >= 11 is 0.584. The Morgan fingerprint density at radius 2 is 1.44 bits per heavy atom. The summed E-state index contributed by atoms with van der Waals surface area (Å²) in [4.78, 5) is 0.140. The second-order valence-electron chi connectivity index (χ2n) is 7.48. The molecule has 1 N–H and O–H groups in total. The second-order valence-corrected chi connectivity index (χ2v) is 8.52. The molecule has 178 valence electrons. The third kappa shape index (κ3) is 4.62. The number of aliphatic hydroxyl groups is 1. The van der Waals surface area contributed by atoms with Crippen LogP contribution in [-0.2, 0) is 11.8 Å². The van der Waals surface area contributed by atoms with Crippen LogP contribution < -0.4 is 0 Å².